The molecule has 0 radical (unpaired) electrons. The number of hydrogen-bond donors (Lipinski definition) is 1. The molecule has 128 valence electrons. The van der Waals surface area contributed by atoms with Crippen molar-refractivity contribution in [3.8, 4) is 11.8 Å². The second kappa shape index (κ2) is 8.19. The maximum atomic E-state index is 11.4. The van der Waals surface area contributed by atoms with E-state index in [4.69, 9.17) is 0 Å². The zero-order valence-corrected chi connectivity index (χ0v) is 16.1. The van der Waals surface area contributed by atoms with Crippen LogP contribution >= 0.6 is 15.9 Å². The molecule has 0 saturated carbocycles. The molecule has 0 aliphatic rings. The average Bonchev–Trinajstić information content (AvgIpc) is 2.67. The molecule has 3 aromatic rings. The molecule has 0 heterocycles. The summed E-state index contributed by atoms with van der Waals surface area (Å²) in [7, 11) is 0. The van der Waals surface area contributed by atoms with E-state index in [1.54, 1.807) is 6.92 Å². The molecule has 1 nitrogen and oxygen atoms in total. The summed E-state index contributed by atoms with van der Waals surface area (Å²) in [6, 6.07) is 27.4. The van der Waals surface area contributed by atoms with E-state index in [-0.39, 0.29) is 0 Å². The Balaban J connectivity index is 2.09. The van der Waals surface area contributed by atoms with E-state index >= 15 is 0 Å². The molecule has 0 spiro atoms. The number of allylic oxidation sites excluding steroid dienone is 1. The highest BCUT2D eigenvalue weighted by atomic mass is 79.9. The summed E-state index contributed by atoms with van der Waals surface area (Å²) >= 11 is 3.55. The standard InChI is InChI=1S/C24H19BrO/c1-24(26,22-16-8-9-18-23(22)25)21(20-14-6-3-7-15-20)17-10-13-19-11-4-2-5-12-19/h2-9,11-12,14-18,26H,1H3/b21-17-. The van der Waals surface area contributed by atoms with Crippen LogP contribution in [-0.2, 0) is 5.60 Å². The van der Waals surface area contributed by atoms with Crippen LogP contribution < -0.4 is 0 Å². The van der Waals surface area contributed by atoms with Gasteiger partial charge in [0, 0.05) is 21.2 Å². The van der Waals surface area contributed by atoms with E-state index in [2.05, 4.69) is 27.8 Å². The van der Waals surface area contributed by atoms with Crippen molar-refractivity contribution in [3.05, 3.63) is 112 Å². The van der Waals surface area contributed by atoms with Gasteiger partial charge in [0.2, 0.25) is 0 Å². The van der Waals surface area contributed by atoms with Gasteiger partial charge in [-0.15, -0.1) is 0 Å². The molecule has 0 aromatic heterocycles. The summed E-state index contributed by atoms with van der Waals surface area (Å²) in [5.74, 6) is 6.24. The average molecular weight is 403 g/mol. The Bertz CT molecular complexity index is 961. The van der Waals surface area contributed by atoms with E-state index in [1.165, 1.54) is 0 Å². The van der Waals surface area contributed by atoms with E-state index in [9.17, 15) is 5.11 Å². The minimum absolute atomic E-state index is 0.758. The minimum atomic E-state index is -1.19. The molecule has 3 aromatic carbocycles. The van der Waals surface area contributed by atoms with Gasteiger partial charge in [-0.2, -0.15) is 0 Å². The molecular weight excluding hydrogens is 384 g/mol. The molecule has 1 atom stereocenters. The molecule has 0 aliphatic carbocycles. The van der Waals surface area contributed by atoms with Gasteiger partial charge in [0.15, 0.2) is 0 Å². The van der Waals surface area contributed by atoms with Gasteiger partial charge in [0.05, 0.1) is 0 Å². The van der Waals surface area contributed by atoms with Gasteiger partial charge in [0.1, 0.15) is 5.60 Å². The molecule has 1 N–H and O–H groups in total. The van der Waals surface area contributed by atoms with Crippen molar-refractivity contribution < 1.29 is 5.11 Å². The highest BCUT2D eigenvalue weighted by molar-refractivity contribution is 9.10. The third-order valence-electron chi connectivity index (χ3n) is 4.21. The molecule has 2 heteroatoms. The SMILES string of the molecule is CC(O)(/C(=C\C#Cc1ccccc1)c1ccccc1)c1ccccc1Br. The van der Waals surface area contributed by atoms with Crippen LogP contribution in [-0.4, -0.2) is 5.11 Å². The van der Waals surface area contributed by atoms with Crippen LogP contribution in [0.1, 0.15) is 23.6 Å². The number of benzene rings is 3. The molecule has 0 amide bonds. The second-order valence-electron chi connectivity index (χ2n) is 6.11. The second-order valence-corrected chi connectivity index (χ2v) is 6.97. The Morgan fingerprint density at radius 3 is 2.12 bits per heavy atom. The first-order valence-corrected chi connectivity index (χ1v) is 9.18. The Kier molecular flexibility index (Phi) is 5.73. The number of aliphatic hydroxyl groups is 1. The van der Waals surface area contributed by atoms with Crippen LogP contribution in [0.3, 0.4) is 0 Å². The molecule has 1 unspecified atom stereocenters. The van der Waals surface area contributed by atoms with Crippen molar-refractivity contribution in [2.75, 3.05) is 0 Å². The van der Waals surface area contributed by atoms with E-state index in [0.717, 1.165) is 26.7 Å². The number of halogens is 1. The molecular formula is C24H19BrO. The molecule has 3 rings (SSSR count). The van der Waals surface area contributed by atoms with Gasteiger partial charge >= 0.3 is 0 Å². The third kappa shape index (κ3) is 4.14. The summed E-state index contributed by atoms with van der Waals surface area (Å²) in [5.41, 5.74) is 2.25. The predicted molar refractivity (Wildman–Crippen MR) is 111 cm³/mol. The van der Waals surface area contributed by atoms with Crippen molar-refractivity contribution >= 4 is 21.5 Å². The summed E-state index contributed by atoms with van der Waals surface area (Å²) in [6.07, 6.45) is 1.81. The van der Waals surface area contributed by atoms with Gasteiger partial charge in [0.25, 0.3) is 0 Å². The van der Waals surface area contributed by atoms with Crippen LogP contribution in [0.5, 0.6) is 0 Å². The fraction of sp³-hybridized carbons (Fsp3) is 0.0833. The highest BCUT2D eigenvalue weighted by Gasteiger charge is 2.30. The topological polar surface area (TPSA) is 20.2 Å². The smallest absolute Gasteiger partial charge is 0.114 e. The van der Waals surface area contributed by atoms with E-state index in [0.29, 0.717) is 0 Å². The Morgan fingerprint density at radius 1 is 0.885 bits per heavy atom. The van der Waals surface area contributed by atoms with Crippen molar-refractivity contribution in [3.63, 3.8) is 0 Å². The fourth-order valence-electron chi connectivity index (χ4n) is 2.84. The normalized spacial score (nSPS) is 13.4. The van der Waals surface area contributed by atoms with Crippen LogP contribution in [0.15, 0.2) is 95.5 Å². The molecule has 0 aliphatic heterocycles. The molecule has 0 bridgehead atoms. The number of hydrogen-bond acceptors (Lipinski definition) is 1. The largest absolute Gasteiger partial charge is 0.381 e. The molecule has 0 fully saturated rings. The first-order chi connectivity index (χ1) is 12.6. The molecule has 26 heavy (non-hydrogen) atoms. The monoisotopic (exact) mass is 402 g/mol. The lowest BCUT2D eigenvalue weighted by Crippen LogP contribution is -2.23. The Labute approximate surface area is 163 Å². The lowest BCUT2D eigenvalue weighted by atomic mass is 9.83. The summed E-state index contributed by atoms with van der Waals surface area (Å²) in [4.78, 5) is 0. The van der Waals surface area contributed by atoms with Gasteiger partial charge in [-0.25, -0.2) is 0 Å². The van der Waals surface area contributed by atoms with Crippen LogP contribution in [0.2, 0.25) is 0 Å². The first kappa shape index (κ1) is 18.2. The van der Waals surface area contributed by atoms with Crippen LogP contribution in [0.4, 0.5) is 0 Å². The number of rotatable bonds is 3. The lowest BCUT2D eigenvalue weighted by Gasteiger charge is -2.28. The van der Waals surface area contributed by atoms with Crippen molar-refractivity contribution in [2.24, 2.45) is 0 Å². The molecule has 0 saturated heterocycles. The zero-order chi connectivity index (χ0) is 18.4. The van der Waals surface area contributed by atoms with Crippen molar-refractivity contribution in [1.82, 2.24) is 0 Å². The van der Waals surface area contributed by atoms with Gasteiger partial charge in [-0.05, 0) is 36.8 Å². The van der Waals surface area contributed by atoms with Gasteiger partial charge < -0.3 is 5.11 Å². The van der Waals surface area contributed by atoms with Crippen molar-refractivity contribution in [1.29, 1.82) is 0 Å². The summed E-state index contributed by atoms with van der Waals surface area (Å²) in [6.45, 7) is 1.80. The lowest BCUT2D eigenvalue weighted by molar-refractivity contribution is 0.121. The fourth-order valence-corrected chi connectivity index (χ4v) is 3.51. The quantitative estimate of drug-likeness (QED) is 0.549. The minimum Gasteiger partial charge on any atom is -0.381 e. The van der Waals surface area contributed by atoms with Crippen molar-refractivity contribution in [2.45, 2.75) is 12.5 Å². The Hall–Kier alpha value is -2.60. The summed E-state index contributed by atoms with van der Waals surface area (Å²) in [5, 5.41) is 11.4. The van der Waals surface area contributed by atoms with Gasteiger partial charge in [-0.1, -0.05) is 94.5 Å². The van der Waals surface area contributed by atoms with Crippen LogP contribution in [0.25, 0.3) is 5.57 Å². The van der Waals surface area contributed by atoms with E-state index < -0.39 is 5.60 Å². The predicted octanol–water partition coefficient (Wildman–Crippen LogP) is 5.79. The maximum Gasteiger partial charge on any atom is 0.114 e. The third-order valence-corrected chi connectivity index (χ3v) is 4.91. The zero-order valence-electron chi connectivity index (χ0n) is 14.5. The van der Waals surface area contributed by atoms with E-state index in [1.807, 2.05) is 91.0 Å². The van der Waals surface area contributed by atoms with Gasteiger partial charge in [-0.3, -0.25) is 0 Å². The first-order valence-electron chi connectivity index (χ1n) is 8.39. The summed E-state index contributed by atoms with van der Waals surface area (Å²) < 4.78 is 0.864. The Morgan fingerprint density at radius 2 is 1.46 bits per heavy atom. The highest BCUT2D eigenvalue weighted by Crippen LogP contribution is 2.39. The van der Waals surface area contributed by atoms with Crippen LogP contribution in [0, 0.1) is 11.8 Å². The maximum absolute atomic E-state index is 11.4.